The molecule has 0 spiro atoms. The van der Waals surface area contributed by atoms with Gasteiger partial charge in [-0.15, -0.1) is 0 Å². The largest absolute Gasteiger partial charge is 0.395 e. The van der Waals surface area contributed by atoms with E-state index in [1.165, 1.54) is 0 Å². The second-order valence-corrected chi connectivity index (χ2v) is 4.58. The first-order valence-electron chi connectivity index (χ1n) is 5.08. The maximum absolute atomic E-state index is 11.7. The lowest BCUT2D eigenvalue weighted by molar-refractivity contribution is 0.252. The smallest absolute Gasteiger partial charge is 0.314 e. The fourth-order valence-electron chi connectivity index (χ4n) is 1.18. The van der Waals surface area contributed by atoms with Crippen LogP contribution < -0.4 is 5.32 Å². The second kappa shape index (κ2) is 6.40. The lowest BCUT2D eigenvalue weighted by atomic mass is 10.2. The van der Waals surface area contributed by atoms with Gasteiger partial charge in [-0.25, -0.2) is 4.21 Å². The van der Waals surface area contributed by atoms with Gasteiger partial charge in [0.1, 0.15) is 10.8 Å². The number of nitrogens with one attached hydrogen (secondary N) is 1. The van der Waals surface area contributed by atoms with Gasteiger partial charge in [0, 0.05) is 11.4 Å². The molecule has 1 rings (SSSR count). The molecule has 0 saturated carbocycles. The molecule has 0 saturated heterocycles. The third-order valence-corrected chi connectivity index (χ3v) is 3.28. The highest BCUT2D eigenvalue weighted by Gasteiger charge is 2.12. The first-order chi connectivity index (χ1) is 7.69. The van der Waals surface area contributed by atoms with E-state index in [0.29, 0.717) is 4.90 Å². The summed E-state index contributed by atoms with van der Waals surface area (Å²) in [5.74, 6) is 0. The Morgan fingerprint density at radius 1 is 1.38 bits per heavy atom. The molecule has 0 aliphatic rings. The maximum Gasteiger partial charge on any atom is 0.314 e. The van der Waals surface area contributed by atoms with Gasteiger partial charge >= 0.3 is 5.24 Å². The summed E-state index contributed by atoms with van der Waals surface area (Å²) in [5, 5.41) is 10.3. The minimum absolute atomic E-state index is 0.123. The Bertz CT molecular complexity index is 375. The van der Waals surface area contributed by atoms with E-state index in [2.05, 4.69) is 5.32 Å². The van der Waals surface area contributed by atoms with Crippen LogP contribution in [0.1, 0.15) is 12.5 Å². The molecule has 0 aliphatic heterocycles. The first kappa shape index (κ1) is 12.9. The number of amides is 1. The van der Waals surface area contributed by atoms with Crippen molar-refractivity contribution in [2.75, 3.05) is 13.2 Å². The summed E-state index contributed by atoms with van der Waals surface area (Å²) in [4.78, 5) is 11.8. The van der Waals surface area contributed by atoms with E-state index in [0.717, 1.165) is 12.0 Å². The summed E-state index contributed by atoms with van der Waals surface area (Å²) in [6.45, 7) is 2.00. The average Bonchev–Trinajstić information content (AvgIpc) is 2.35. The Morgan fingerprint density at radius 2 is 2.00 bits per heavy atom. The third-order valence-electron chi connectivity index (χ3n) is 2.10. The Hall–Kier alpha value is -1.20. The van der Waals surface area contributed by atoms with Crippen LogP contribution in [0.2, 0.25) is 0 Å². The Kier molecular flexibility index (Phi) is 5.14. The van der Waals surface area contributed by atoms with Crippen molar-refractivity contribution in [3.8, 4) is 0 Å². The zero-order valence-corrected chi connectivity index (χ0v) is 9.92. The van der Waals surface area contributed by atoms with Crippen molar-refractivity contribution in [3.05, 3.63) is 29.8 Å². The Morgan fingerprint density at radius 3 is 2.50 bits per heavy atom. The molecule has 88 valence electrons. The molecule has 0 heterocycles. The predicted molar refractivity (Wildman–Crippen MR) is 62.7 cm³/mol. The van der Waals surface area contributed by atoms with Crippen LogP contribution in [-0.2, 0) is 17.2 Å². The van der Waals surface area contributed by atoms with E-state index in [4.69, 9.17) is 5.11 Å². The molecule has 1 atom stereocenters. The van der Waals surface area contributed by atoms with E-state index in [-0.39, 0.29) is 13.2 Å². The highest BCUT2D eigenvalue weighted by molar-refractivity contribution is 8.00. The van der Waals surface area contributed by atoms with Crippen LogP contribution in [0.4, 0.5) is 4.79 Å². The molecule has 1 aromatic rings. The molecule has 0 radical (unpaired) electrons. The minimum Gasteiger partial charge on any atom is -0.395 e. The van der Waals surface area contributed by atoms with Crippen molar-refractivity contribution < 1.29 is 14.1 Å². The quantitative estimate of drug-likeness (QED) is 0.828. The molecule has 4 nitrogen and oxygen atoms in total. The van der Waals surface area contributed by atoms with E-state index < -0.39 is 16.0 Å². The molecule has 16 heavy (non-hydrogen) atoms. The summed E-state index contributed by atoms with van der Waals surface area (Å²) in [6, 6.07) is 7.08. The lowest BCUT2D eigenvalue weighted by Gasteiger charge is -2.03. The summed E-state index contributed by atoms with van der Waals surface area (Å²) >= 11 is 0. The van der Waals surface area contributed by atoms with Gasteiger partial charge in [-0.1, -0.05) is 19.1 Å². The third kappa shape index (κ3) is 3.43. The fourth-order valence-corrected chi connectivity index (χ4v) is 2.01. The van der Waals surface area contributed by atoms with Crippen LogP contribution in [0.25, 0.3) is 0 Å². The molecule has 0 bridgehead atoms. The molecular formula is C11H15NO3S. The van der Waals surface area contributed by atoms with Crippen LogP contribution in [0.15, 0.2) is 29.2 Å². The number of benzene rings is 1. The molecule has 1 amide bonds. The second-order valence-electron chi connectivity index (χ2n) is 3.20. The molecular weight excluding hydrogens is 226 g/mol. The number of aliphatic hydroxyl groups is 1. The van der Waals surface area contributed by atoms with Gasteiger partial charge in [0.15, 0.2) is 0 Å². The summed E-state index contributed by atoms with van der Waals surface area (Å²) in [6.07, 6.45) is 0.906. The molecule has 0 aromatic heterocycles. The SMILES string of the molecule is CCc1ccc(S(=O)C(=O)NCCO)cc1. The molecule has 0 aliphatic carbocycles. The summed E-state index contributed by atoms with van der Waals surface area (Å²) in [7, 11) is -1.70. The van der Waals surface area contributed by atoms with Gasteiger partial charge in [-0.05, 0) is 24.1 Å². The van der Waals surface area contributed by atoms with Gasteiger partial charge < -0.3 is 10.4 Å². The molecule has 1 aromatic carbocycles. The van der Waals surface area contributed by atoms with Gasteiger partial charge in [0.25, 0.3) is 0 Å². The van der Waals surface area contributed by atoms with Gasteiger partial charge in [-0.3, -0.25) is 4.79 Å². The van der Waals surface area contributed by atoms with Crippen LogP contribution in [-0.4, -0.2) is 27.7 Å². The molecule has 5 heteroatoms. The number of aryl methyl sites for hydroxylation is 1. The highest BCUT2D eigenvalue weighted by Crippen LogP contribution is 2.09. The Balaban J connectivity index is 2.68. The molecule has 2 N–H and O–H groups in total. The van der Waals surface area contributed by atoms with Crippen molar-refractivity contribution in [2.24, 2.45) is 0 Å². The van der Waals surface area contributed by atoms with Crippen LogP contribution >= 0.6 is 0 Å². The number of hydrogen-bond acceptors (Lipinski definition) is 3. The number of carbonyl (C=O) groups excluding carboxylic acids is 1. The first-order valence-corrected chi connectivity index (χ1v) is 6.23. The van der Waals surface area contributed by atoms with Crippen molar-refractivity contribution in [1.82, 2.24) is 5.32 Å². The van der Waals surface area contributed by atoms with Gasteiger partial charge in [-0.2, -0.15) is 0 Å². The maximum atomic E-state index is 11.7. The van der Waals surface area contributed by atoms with Crippen molar-refractivity contribution in [3.63, 3.8) is 0 Å². The molecule has 0 fully saturated rings. The van der Waals surface area contributed by atoms with Crippen LogP contribution in [0.3, 0.4) is 0 Å². The monoisotopic (exact) mass is 241 g/mol. The van der Waals surface area contributed by atoms with Gasteiger partial charge in [0.2, 0.25) is 0 Å². The number of aliphatic hydroxyl groups excluding tert-OH is 1. The average molecular weight is 241 g/mol. The van der Waals surface area contributed by atoms with Gasteiger partial charge in [0.05, 0.1) is 6.61 Å². The lowest BCUT2D eigenvalue weighted by Crippen LogP contribution is -2.28. The minimum atomic E-state index is -1.70. The van der Waals surface area contributed by atoms with E-state index >= 15 is 0 Å². The van der Waals surface area contributed by atoms with Crippen LogP contribution in [0.5, 0.6) is 0 Å². The fraction of sp³-hybridized carbons (Fsp3) is 0.364. The zero-order chi connectivity index (χ0) is 12.0. The van der Waals surface area contributed by atoms with Crippen molar-refractivity contribution >= 4 is 16.0 Å². The summed E-state index contributed by atoms with van der Waals surface area (Å²) in [5.41, 5.74) is 1.14. The number of hydrogen-bond donors (Lipinski definition) is 2. The molecule has 1 unspecified atom stereocenters. The number of carbonyl (C=O) groups is 1. The topological polar surface area (TPSA) is 66.4 Å². The zero-order valence-electron chi connectivity index (χ0n) is 9.10. The van der Waals surface area contributed by atoms with E-state index in [9.17, 15) is 9.00 Å². The Labute approximate surface area is 97.1 Å². The normalized spacial score (nSPS) is 12.1. The predicted octanol–water partition coefficient (Wildman–Crippen LogP) is 1.06. The standard InChI is InChI=1S/C11H15NO3S/c1-2-9-3-5-10(6-4-9)16(15)11(14)12-7-8-13/h3-6,13H,2,7-8H2,1H3,(H,12,14). The van der Waals surface area contributed by atoms with Crippen LogP contribution in [0, 0.1) is 0 Å². The van der Waals surface area contributed by atoms with Crippen molar-refractivity contribution in [2.45, 2.75) is 18.2 Å². The van der Waals surface area contributed by atoms with Crippen molar-refractivity contribution in [1.29, 1.82) is 0 Å². The summed E-state index contributed by atoms with van der Waals surface area (Å²) < 4.78 is 11.7. The number of rotatable bonds is 4. The van der Waals surface area contributed by atoms with E-state index in [1.807, 2.05) is 19.1 Å². The highest BCUT2D eigenvalue weighted by atomic mass is 32.2. The van der Waals surface area contributed by atoms with E-state index in [1.54, 1.807) is 12.1 Å².